The number of carboxylic acid groups (broad SMARTS) is 1. The minimum absolute atomic E-state index is 0.0656. The Kier molecular flexibility index (Phi) is 5.37. The molecule has 2 aromatic rings. The van der Waals surface area contributed by atoms with Gasteiger partial charge in [0.25, 0.3) is 0 Å². The van der Waals surface area contributed by atoms with E-state index < -0.39 is 17.2 Å². The van der Waals surface area contributed by atoms with Crippen molar-refractivity contribution in [2.24, 2.45) is 0 Å². The molecule has 0 heterocycles. The molecule has 1 fully saturated rings. The molecule has 0 aliphatic heterocycles. The minimum Gasteiger partial charge on any atom is -0.481 e. The van der Waals surface area contributed by atoms with E-state index >= 15 is 0 Å². The van der Waals surface area contributed by atoms with Crippen LogP contribution in [0.5, 0.6) is 0 Å². The number of carboxylic acids is 1. The molecule has 0 bridgehead atoms. The zero-order valence-electron chi connectivity index (χ0n) is 14.7. The van der Waals surface area contributed by atoms with Crippen LogP contribution in [-0.4, -0.2) is 23.8 Å². The van der Waals surface area contributed by atoms with Crippen molar-refractivity contribution in [2.75, 3.05) is 6.61 Å². The standard InChI is InChI=1S/C21H22F2O3/c1-2-26-17-9-11-21(12-10-17,20(24)25)15-5-8-18(19(23)13-15)14-3-6-16(22)7-4-14/h3-8,13,17H,2,9-12H2,1H3,(H,24,25). The second-order valence-electron chi connectivity index (χ2n) is 6.74. The summed E-state index contributed by atoms with van der Waals surface area (Å²) in [6.45, 7) is 2.52. The fraction of sp³-hybridized carbons (Fsp3) is 0.381. The van der Waals surface area contributed by atoms with E-state index in [1.807, 2.05) is 6.92 Å². The number of rotatable bonds is 5. The summed E-state index contributed by atoms with van der Waals surface area (Å²) in [6, 6.07) is 10.1. The first-order valence-corrected chi connectivity index (χ1v) is 8.87. The highest BCUT2D eigenvalue weighted by Gasteiger charge is 2.44. The summed E-state index contributed by atoms with van der Waals surface area (Å²) in [4.78, 5) is 12.0. The highest BCUT2D eigenvalue weighted by atomic mass is 19.1. The molecule has 5 heteroatoms. The first-order chi connectivity index (χ1) is 12.5. The summed E-state index contributed by atoms with van der Waals surface area (Å²) in [5, 5.41) is 9.86. The summed E-state index contributed by atoms with van der Waals surface area (Å²) in [7, 11) is 0. The summed E-state index contributed by atoms with van der Waals surface area (Å²) in [6.07, 6.45) is 2.18. The number of hydrogen-bond acceptors (Lipinski definition) is 2. The summed E-state index contributed by atoms with van der Waals surface area (Å²) in [5.74, 6) is -1.82. The molecule has 1 N–H and O–H groups in total. The maximum atomic E-state index is 14.7. The SMILES string of the molecule is CCOC1CCC(C(=O)O)(c2ccc(-c3ccc(F)cc3)c(F)c2)CC1. The molecule has 0 amide bonds. The second-order valence-corrected chi connectivity index (χ2v) is 6.74. The average molecular weight is 360 g/mol. The number of aliphatic carboxylic acids is 1. The summed E-state index contributed by atoms with van der Waals surface area (Å²) >= 11 is 0. The lowest BCUT2D eigenvalue weighted by atomic mass is 9.68. The van der Waals surface area contributed by atoms with Crippen LogP contribution in [0.25, 0.3) is 11.1 Å². The van der Waals surface area contributed by atoms with Gasteiger partial charge < -0.3 is 9.84 Å². The molecule has 1 aliphatic rings. The van der Waals surface area contributed by atoms with Gasteiger partial charge in [0.2, 0.25) is 0 Å². The Balaban J connectivity index is 1.91. The second kappa shape index (κ2) is 7.54. The fourth-order valence-corrected chi connectivity index (χ4v) is 3.79. The van der Waals surface area contributed by atoms with E-state index in [4.69, 9.17) is 4.74 Å². The van der Waals surface area contributed by atoms with Gasteiger partial charge >= 0.3 is 5.97 Å². The van der Waals surface area contributed by atoms with Crippen molar-refractivity contribution in [3.8, 4) is 11.1 Å². The van der Waals surface area contributed by atoms with Gasteiger partial charge in [0, 0.05) is 12.2 Å². The molecule has 1 aliphatic carbocycles. The molecular weight excluding hydrogens is 338 g/mol. The minimum atomic E-state index is -1.09. The summed E-state index contributed by atoms with van der Waals surface area (Å²) in [5.41, 5.74) is 0.274. The molecule has 0 spiro atoms. The number of hydrogen-bond donors (Lipinski definition) is 1. The highest BCUT2D eigenvalue weighted by molar-refractivity contribution is 5.82. The van der Waals surface area contributed by atoms with E-state index in [0.717, 1.165) is 0 Å². The van der Waals surface area contributed by atoms with E-state index in [-0.39, 0.29) is 11.9 Å². The Bertz CT molecular complexity index is 778. The fourth-order valence-electron chi connectivity index (χ4n) is 3.79. The number of halogens is 2. The third-order valence-corrected chi connectivity index (χ3v) is 5.27. The maximum Gasteiger partial charge on any atom is 0.314 e. The van der Waals surface area contributed by atoms with Crippen LogP contribution in [0.15, 0.2) is 42.5 Å². The molecule has 26 heavy (non-hydrogen) atoms. The smallest absolute Gasteiger partial charge is 0.314 e. The van der Waals surface area contributed by atoms with Crippen LogP contribution in [0, 0.1) is 11.6 Å². The first kappa shape index (κ1) is 18.5. The topological polar surface area (TPSA) is 46.5 Å². The average Bonchev–Trinajstić information content (AvgIpc) is 2.63. The zero-order chi connectivity index (χ0) is 18.7. The molecule has 0 atom stereocenters. The predicted octanol–water partition coefficient (Wildman–Crippen LogP) is 4.93. The van der Waals surface area contributed by atoms with Gasteiger partial charge in [0.1, 0.15) is 11.6 Å². The third-order valence-electron chi connectivity index (χ3n) is 5.27. The van der Waals surface area contributed by atoms with Crippen LogP contribution >= 0.6 is 0 Å². The maximum absolute atomic E-state index is 14.7. The molecule has 0 saturated heterocycles. The van der Waals surface area contributed by atoms with Crippen LogP contribution < -0.4 is 0 Å². The molecule has 0 radical (unpaired) electrons. The van der Waals surface area contributed by atoms with Crippen LogP contribution in [0.4, 0.5) is 8.78 Å². The van der Waals surface area contributed by atoms with Gasteiger partial charge in [-0.15, -0.1) is 0 Å². The quantitative estimate of drug-likeness (QED) is 0.822. The van der Waals surface area contributed by atoms with Crippen molar-refractivity contribution in [3.05, 3.63) is 59.7 Å². The largest absolute Gasteiger partial charge is 0.481 e. The Morgan fingerprint density at radius 1 is 1.15 bits per heavy atom. The van der Waals surface area contributed by atoms with E-state index in [9.17, 15) is 18.7 Å². The Morgan fingerprint density at radius 3 is 2.35 bits per heavy atom. The third kappa shape index (κ3) is 3.49. The van der Waals surface area contributed by atoms with Gasteiger partial charge in [-0.1, -0.05) is 24.3 Å². The molecule has 0 aromatic heterocycles. The zero-order valence-corrected chi connectivity index (χ0v) is 14.7. The van der Waals surface area contributed by atoms with Crippen molar-refractivity contribution >= 4 is 5.97 Å². The Hall–Kier alpha value is -2.27. The van der Waals surface area contributed by atoms with Gasteiger partial charge in [-0.2, -0.15) is 0 Å². The number of carbonyl (C=O) groups is 1. The summed E-state index contributed by atoms with van der Waals surface area (Å²) < 4.78 is 33.4. The Labute approximate surface area is 151 Å². The van der Waals surface area contributed by atoms with Crippen molar-refractivity contribution < 1.29 is 23.4 Å². The van der Waals surface area contributed by atoms with Gasteiger partial charge in [0.05, 0.1) is 11.5 Å². The van der Waals surface area contributed by atoms with E-state index in [2.05, 4.69) is 0 Å². The van der Waals surface area contributed by atoms with Crippen LogP contribution in [-0.2, 0) is 14.9 Å². The lowest BCUT2D eigenvalue weighted by Crippen LogP contribution is -2.41. The van der Waals surface area contributed by atoms with Crippen molar-refractivity contribution in [3.63, 3.8) is 0 Å². The van der Waals surface area contributed by atoms with Gasteiger partial charge in [-0.25, -0.2) is 8.78 Å². The van der Waals surface area contributed by atoms with E-state index in [1.54, 1.807) is 12.1 Å². The molecule has 2 aromatic carbocycles. The van der Waals surface area contributed by atoms with Crippen LogP contribution in [0.1, 0.15) is 38.2 Å². The molecule has 138 valence electrons. The molecule has 3 rings (SSSR count). The monoisotopic (exact) mass is 360 g/mol. The van der Waals surface area contributed by atoms with E-state index in [0.29, 0.717) is 49.0 Å². The molecular formula is C21H22F2O3. The molecule has 3 nitrogen and oxygen atoms in total. The number of ether oxygens (including phenoxy) is 1. The Morgan fingerprint density at radius 2 is 1.81 bits per heavy atom. The highest BCUT2D eigenvalue weighted by Crippen LogP contribution is 2.41. The first-order valence-electron chi connectivity index (χ1n) is 8.87. The predicted molar refractivity (Wildman–Crippen MR) is 95.0 cm³/mol. The lowest BCUT2D eigenvalue weighted by molar-refractivity contribution is -0.146. The van der Waals surface area contributed by atoms with Crippen LogP contribution in [0.2, 0.25) is 0 Å². The lowest BCUT2D eigenvalue weighted by Gasteiger charge is -2.37. The molecule has 0 unspecified atom stereocenters. The van der Waals surface area contributed by atoms with Gasteiger partial charge in [0.15, 0.2) is 0 Å². The van der Waals surface area contributed by atoms with Crippen molar-refractivity contribution in [2.45, 2.75) is 44.1 Å². The van der Waals surface area contributed by atoms with Crippen molar-refractivity contribution in [1.82, 2.24) is 0 Å². The number of benzene rings is 2. The van der Waals surface area contributed by atoms with E-state index in [1.165, 1.54) is 30.3 Å². The molecule has 1 saturated carbocycles. The normalized spacial score (nSPS) is 23.0. The van der Waals surface area contributed by atoms with Gasteiger partial charge in [-0.3, -0.25) is 4.79 Å². The van der Waals surface area contributed by atoms with Crippen LogP contribution in [0.3, 0.4) is 0 Å². The van der Waals surface area contributed by atoms with Gasteiger partial charge in [-0.05, 0) is 61.9 Å². The van der Waals surface area contributed by atoms with Crippen molar-refractivity contribution in [1.29, 1.82) is 0 Å².